The summed E-state index contributed by atoms with van der Waals surface area (Å²) < 4.78 is 4.82. The summed E-state index contributed by atoms with van der Waals surface area (Å²) >= 11 is 3.26. The largest absolute Gasteiger partial charge is 0.468 e. The minimum atomic E-state index is -0.278. The number of carbonyl (C=O) groups is 2. The molecule has 0 unspecified atom stereocenters. The number of amides is 1. The maximum atomic E-state index is 12.7. The number of rotatable bonds is 6. The molecule has 1 aliphatic rings. The van der Waals surface area contributed by atoms with Gasteiger partial charge in [-0.2, -0.15) is 0 Å². The summed E-state index contributed by atoms with van der Waals surface area (Å²) in [6.07, 6.45) is 0. The molecule has 5 nitrogen and oxygen atoms in total. The summed E-state index contributed by atoms with van der Waals surface area (Å²) in [6.45, 7) is 1.47. The molecule has 1 aromatic carbocycles. The molecule has 1 amide bonds. The summed E-state index contributed by atoms with van der Waals surface area (Å²) in [5.74, 6) is 0.576. The van der Waals surface area contributed by atoms with E-state index < -0.39 is 0 Å². The molecule has 0 radical (unpaired) electrons. The summed E-state index contributed by atoms with van der Waals surface area (Å²) in [7, 11) is 1.39. The molecule has 1 aliphatic heterocycles. The number of nitrogens with two attached hydrogens (primary N) is 1. The molecular weight excluding hydrogens is 368 g/mol. The van der Waals surface area contributed by atoms with Gasteiger partial charge in [-0.3, -0.25) is 9.59 Å². The van der Waals surface area contributed by atoms with Crippen molar-refractivity contribution in [3.8, 4) is 0 Å². The van der Waals surface area contributed by atoms with Gasteiger partial charge in [-0.25, -0.2) is 0 Å². The molecule has 3 rings (SSSR count). The number of thioether (sulfide) groups is 1. The molecule has 2 heterocycles. The molecule has 1 aromatic heterocycles. The lowest BCUT2D eigenvalue weighted by Gasteiger charge is -2.30. The molecule has 0 spiro atoms. The van der Waals surface area contributed by atoms with E-state index in [1.165, 1.54) is 17.6 Å². The quantitative estimate of drug-likeness (QED) is 0.759. The fourth-order valence-electron chi connectivity index (χ4n) is 3.04. The summed E-state index contributed by atoms with van der Waals surface area (Å²) in [5, 5.41) is 3.86. The normalized spacial score (nSPS) is 18.3. The second-order valence-corrected chi connectivity index (χ2v) is 8.36. The van der Waals surface area contributed by atoms with E-state index in [0.717, 1.165) is 5.75 Å². The van der Waals surface area contributed by atoms with Gasteiger partial charge in [-0.1, -0.05) is 36.4 Å². The van der Waals surface area contributed by atoms with E-state index in [1.54, 1.807) is 28.0 Å². The van der Waals surface area contributed by atoms with Crippen LogP contribution in [0.3, 0.4) is 0 Å². The van der Waals surface area contributed by atoms with Crippen molar-refractivity contribution < 1.29 is 19.6 Å². The summed E-state index contributed by atoms with van der Waals surface area (Å²) in [4.78, 5) is 27.5. The Morgan fingerprint density at radius 2 is 2.08 bits per heavy atom. The van der Waals surface area contributed by atoms with Crippen molar-refractivity contribution in [2.45, 2.75) is 11.3 Å². The molecule has 0 saturated carbocycles. The molecule has 2 N–H and O–H groups in total. The van der Waals surface area contributed by atoms with Crippen LogP contribution in [0.15, 0.2) is 47.8 Å². The van der Waals surface area contributed by atoms with Gasteiger partial charge in [0.15, 0.2) is 6.54 Å². The Hall–Kier alpha value is -1.83. The van der Waals surface area contributed by atoms with Crippen LogP contribution >= 0.6 is 23.1 Å². The fraction of sp³-hybridized carbons (Fsp3) is 0.368. The van der Waals surface area contributed by atoms with Crippen molar-refractivity contribution in [2.75, 3.05) is 32.5 Å². The number of hydrogen-bond donors (Lipinski definition) is 1. The first-order chi connectivity index (χ1) is 12.7. The Morgan fingerprint density at radius 1 is 1.27 bits per heavy atom. The molecule has 0 bridgehead atoms. The minimum Gasteiger partial charge on any atom is -0.468 e. The van der Waals surface area contributed by atoms with E-state index in [1.807, 2.05) is 24.3 Å². The second kappa shape index (κ2) is 9.21. The Bertz CT molecular complexity index is 722. The van der Waals surface area contributed by atoms with Crippen LogP contribution in [0.2, 0.25) is 0 Å². The maximum Gasteiger partial charge on any atom is 0.320 e. The molecule has 0 aliphatic carbocycles. The lowest BCUT2D eigenvalue weighted by atomic mass is 10.1. The van der Waals surface area contributed by atoms with Gasteiger partial charge in [0.2, 0.25) is 0 Å². The van der Waals surface area contributed by atoms with Gasteiger partial charge in [0.05, 0.1) is 12.0 Å². The number of carbonyl (C=O) groups excluding carboxylic acids is 2. The van der Waals surface area contributed by atoms with Crippen LogP contribution in [0.25, 0.3) is 0 Å². The number of nitrogens with zero attached hydrogens (tertiary/aromatic N) is 1. The predicted molar refractivity (Wildman–Crippen MR) is 104 cm³/mol. The molecule has 7 heteroatoms. The highest BCUT2D eigenvalue weighted by atomic mass is 32.2. The van der Waals surface area contributed by atoms with E-state index in [-0.39, 0.29) is 23.2 Å². The van der Waals surface area contributed by atoms with Crippen LogP contribution in [0.1, 0.15) is 16.5 Å². The third-order valence-corrected chi connectivity index (χ3v) is 6.54. The van der Waals surface area contributed by atoms with Crippen molar-refractivity contribution in [3.05, 3.63) is 58.3 Å². The number of thiophene rings is 1. The Morgan fingerprint density at radius 3 is 2.77 bits per heavy atom. The first-order valence-electron chi connectivity index (χ1n) is 8.58. The standard InChI is InChI=1S/C19H22N2O3S2/c1-24-19(23)16-13-21(9-11-26-16)17(22)12-20-18(15-8-5-10-25-15)14-6-3-2-4-7-14/h2-8,10,16,18,20H,9,11-13H2,1H3/p+1/t16-,18+/m0/s1. The van der Waals surface area contributed by atoms with Crippen molar-refractivity contribution in [1.82, 2.24) is 4.90 Å². The maximum absolute atomic E-state index is 12.7. The van der Waals surface area contributed by atoms with Gasteiger partial charge in [-0.05, 0) is 11.4 Å². The third-order valence-electron chi connectivity index (χ3n) is 4.42. The number of hydrogen-bond acceptors (Lipinski definition) is 5. The highest BCUT2D eigenvalue weighted by Gasteiger charge is 2.30. The third kappa shape index (κ3) is 4.66. The van der Waals surface area contributed by atoms with Gasteiger partial charge in [-0.15, -0.1) is 23.1 Å². The number of methoxy groups -OCH3 is 1. The summed E-state index contributed by atoms with van der Waals surface area (Å²) in [5.41, 5.74) is 1.18. The van der Waals surface area contributed by atoms with Crippen molar-refractivity contribution >= 4 is 35.0 Å². The lowest BCUT2D eigenvalue weighted by molar-refractivity contribution is -0.676. The monoisotopic (exact) mass is 391 g/mol. The zero-order chi connectivity index (χ0) is 18.4. The van der Waals surface area contributed by atoms with E-state index in [9.17, 15) is 9.59 Å². The average molecular weight is 392 g/mol. The number of ether oxygens (including phenoxy) is 1. The highest BCUT2D eigenvalue weighted by molar-refractivity contribution is 8.00. The highest BCUT2D eigenvalue weighted by Crippen LogP contribution is 2.23. The van der Waals surface area contributed by atoms with Gasteiger partial charge in [0.1, 0.15) is 11.3 Å². The zero-order valence-corrected chi connectivity index (χ0v) is 16.3. The van der Waals surface area contributed by atoms with Crippen LogP contribution in [0.4, 0.5) is 0 Å². The smallest absolute Gasteiger partial charge is 0.320 e. The van der Waals surface area contributed by atoms with Crippen molar-refractivity contribution in [2.24, 2.45) is 0 Å². The SMILES string of the molecule is COC(=O)[C@@H]1CN(C(=O)C[NH2+][C@H](c2ccccc2)c2cccs2)CCS1. The lowest BCUT2D eigenvalue weighted by Crippen LogP contribution is -2.87. The van der Waals surface area contributed by atoms with Gasteiger partial charge in [0.25, 0.3) is 5.91 Å². The van der Waals surface area contributed by atoms with Crippen molar-refractivity contribution in [3.63, 3.8) is 0 Å². The van der Waals surface area contributed by atoms with E-state index in [4.69, 9.17) is 4.74 Å². The van der Waals surface area contributed by atoms with Crippen molar-refractivity contribution in [1.29, 1.82) is 0 Å². The Kier molecular flexibility index (Phi) is 6.71. The predicted octanol–water partition coefficient (Wildman–Crippen LogP) is 1.52. The molecule has 1 fully saturated rings. The first-order valence-corrected chi connectivity index (χ1v) is 10.5. The zero-order valence-electron chi connectivity index (χ0n) is 14.7. The van der Waals surface area contributed by atoms with E-state index in [2.05, 4.69) is 28.9 Å². The Balaban J connectivity index is 1.64. The van der Waals surface area contributed by atoms with E-state index in [0.29, 0.717) is 19.6 Å². The molecule has 1 saturated heterocycles. The number of quaternary nitrogens is 1. The van der Waals surface area contributed by atoms with Crippen LogP contribution in [0, 0.1) is 0 Å². The average Bonchev–Trinajstić information content (AvgIpc) is 3.23. The van der Waals surface area contributed by atoms with Crippen LogP contribution < -0.4 is 5.32 Å². The number of benzene rings is 1. The molecular formula is C19H23N2O3S2+. The van der Waals surface area contributed by atoms with Crippen LogP contribution in [0.5, 0.6) is 0 Å². The van der Waals surface area contributed by atoms with E-state index >= 15 is 0 Å². The molecule has 2 aromatic rings. The van der Waals surface area contributed by atoms with Gasteiger partial charge < -0.3 is 15.0 Å². The molecule has 138 valence electrons. The molecule has 2 atom stereocenters. The minimum absolute atomic E-state index is 0.0664. The van der Waals surface area contributed by atoms with Crippen LogP contribution in [-0.4, -0.2) is 54.5 Å². The van der Waals surface area contributed by atoms with Crippen LogP contribution in [-0.2, 0) is 14.3 Å². The van der Waals surface area contributed by atoms with Gasteiger partial charge >= 0.3 is 5.97 Å². The molecule has 26 heavy (non-hydrogen) atoms. The van der Waals surface area contributed by atoms with Gasteiger partial charge in [0, 0.05) is 24.4 Å². The number of esters is 1. The Labute approximate surface area is 161 Å². The second-order valence-electron chi connectivity index (χ2n) is 6.07. The summed E-state index contributed by atoms with van der Waals surface area (Å²) in [6, 6.07) is 14.5. The topological polar surface area (TPSA) is 63.2 Å². The first kappa shape index (κ1) is 18.9. The fourth-order valence-corrected chi connectivity index (χ4v) is 5.02.